The summed E-state index contributed by atoms with van der Waals surface area (Å²) in [6, 6.07) is 0. The van der Waals surface area contributed by atoms with Crippen LogP contribution in [0.2, 0.25) is 0 Å². The normalized spacial score (nSPS) is 30.7. The Hall–Kier alpha value is -1.88. The predicted molar refractivity (Wildman–Crippen MR) is 63.2 cm³/mol. The second-order valence-electron chi connectivity index (χ2n) is 4.16. The molecule has 1 aliphatic heterocycles. The standard InChI is InChI=1S/C9H14N4O6/c10-3-6(11)13(9(18)12-7(3)17)8-5(16)4(15)2(1-14)19-8/h2,4-5,8,14-16H,1,10-11H2,(H,12,17,18)/t2-,4?,5?,8-/m0/s1. The van der Waals surface area contributed by atoms with Crippen LogP contribution < -0.4 is 22.7 Å². The van der Waals surface area contributed by atoms with E-state index in [0.29, 0.717) is 0 Å². The van der Waals surface area contributed by atoms with Crippen LogP contribution in [0.3, 0.4) is 0 Å². The lowest BCUT2D eigenvalue weighted by Crippen LogP contribution is -2.40. The average Bonchev–Trinajstić information content (AvgIpc) is 2.64. The summed E-state index contributed by atoms with van der Waals surface area (Å²) in [7, 11) is 0. The Bertz CT molecular complexity index is 595. The molecule has 8 N–H and O–H groups in total. The Morgan fingerprint density at radius 3 is 2.42 bits per heavy atom. The zero-order valence-corrected chi connectivity index (χ0v) is 9.68. The lowest BCUT2D eigenvalue weighted by atomic mass is 10.1. The number of H-pyrrole nitrogens is 1. The molecule has 10 nitrogen and oxygen atoms in total. The van der Waals surface area contributed by atoms with Crippen molar-refractivity contribution in [2.45, 2.75) is 24.5 Å². The fraction of sp³-hybridized carbons (Fsp3) is 0.556. The molecular weight excluding hydrogens is 260 g/mol. The van der Waals surface area contributed by atoms with Crippen molar-refractivity contribution in [3.63, 3.8) is 0 Å². The van der Waals surface area contributed by atoms with Crippen molar-refractivity contribution in [1.82, 2.24) is 9.55 Å². The van der Waals surface area contributed by atoms with Crippen molar-refractivity contribution in [3.8, 4) is 0 Å². The van der Waals surface area contributed by atoms with Crippen LogP contribution in [0.1, 0.15) is 6.23 Å². The number of hydrogen-bond acceptors (Lipinski definition) is 8. The molecule has 0 amide bonds. The summed E-state index contributed by atoms with van der Waals surface area (Å²) < 4.78 is 5.86. The molecule has 19 heavy (non-hydrogen) atoms. The molecule has 0 spiro atoms. The number of aromatic nitrogens is 2. The zero-order valence-electron chi connectivity index (χ0n) is 9.68. The van der Waals surface area contributed by atoms with Crippen molar-refractivity contribution in [3.05, 3.63) is 20.8 Å². The Labute approximate surface area is 105 Å². The maximum absolute atomic E-state index is 11.7. The molecule has 1 aliphatic rings. The highest BCUT2D eigenvalue weighted by Crippen LogP contribution is 2.30. The molecule has 2 heterocycles. The van der Waals surface area contributed by atoms with E-state index in [4.69, 9.17) is 21.3 Å². The number of hydrogen-bond donors (Lipinski definition) is 6. The topological polar surface area (TPSA) is 177 Å². The summed E-state index contributed by atoms with van der Waals surface area (Å²) >= 11 is 0. The third-order valence-electron chi connectivity index (χ3n) is 2.99. The fourth-order valence-electron chi connectivity index (χ4n) is 1.93. The second kappa shape index (κ2) is 4.66. The number of nitrogen functional groups attached to an aromatic ring is 2. The molecular formula is C9H14N4O6. The molecule has 10 heteroatoms. The number of nitrogens with zero attached hydrogens (tertiary/aromatic N) is 1. The van der Waals surface area contributed by atoms with Gasteiger partial charge in [0.1, 0.15) is 29.8 Å². The van der Waals surface area contributed by atoms with E-state index in [1.165, 1.54) is 0 Å². The lowest BCUT2D eigenvalue weighted by Gasteiger charge is -2.19. The van der Waals surface area contributed by atoms with Crippen molar-refractivity contribution in [2.24, 2.45) is 0 Å². The van der Waals surface area contributed by atoms with Crippen LogP contribution in [-0.4, -0.2) is 49.8 Å². The largest absolute Gasteiger partial charge is 0.394 e. The molecule has 1 aromatic rings. The van der Waals surface area contributed by atoms with Gasteiger partial charge in [0.2, 0.25) is 0 Å². The molecule has 1 fully saturated rings. The van der Waals surface area contributed by atoms with E-state index < -0.39 is 48.1 Å². The molecule has 1 saturated heterocycles. The van der Waals surface area contributed by atoms with E-state index in [1.54, 1.807) is 0 Å². The molecule has 0 aliphatic carbocycles. The van der Waals surface area contributed by atoms with Crippen molar-refractivity contribution < 1.29 is 20.1 Å². The molecule has 106 valence electrons. The number of rotatable bonds is 2. The number of nitrogens with two attached hydrogens (primary N) is 2. The Morgan fingerprint density at radius 2 is 1.89 bits per heavy atom. The second-order valence-corrected chi connectivity index (χ2v) is 4.16. The third kappa shape index (κ3) is 2.00. The first-order valence-corrected chi connectivity index (χ1v) is 5.40. The summed E-state index contributed by atoms with van der Waals surface area (Å²) in [4.78, 5) is 24.8. The minimum absolute atomic E-state index is 0.386. The maximum atomic E-state index is 11.7. The summed E-state index contributed by atoms with van der Waals surface area (Å²) in [6.45, 7) is -0.553. The molecule has 0 saturated carbocycles. The van der Waals surface area contributed by atoms with Gasteiger partial charge in [0.25, 0.3) is 5.56 Å². The van der Waals surface area contributed by atoms with E-state index in [0.717, 1.165) is 4.57 Å². The quantitative estimate of drug-likeness (QED) is 0.319. The molecule has 0 aromatic carbocycles. The Balaban J connectivity index is 2.52. The molecule has 1 aromatic heterocycles. The molecule has 4 atom stereocenters. The smallest absolute Gasteiger partial charge is 0.332 e. The van der Waals surface area contributed by atoms with Gasteiger partial charge in [-0.15, -0.1) is 0 Å². The van der Waals surface area contributed by atoms with Gasteiger partial charge in [-0.05, 0) is 0 Å². The van der Waals surface area contributed by atoms with E-state index >= 15 is 0 Å². The van der Waals surface area contributed by atoms with Crippen molar-refractivity contribution >= 4 is 11.5 Å². The van der Waals surface area contributed by atoms with Crippen molar-refractivity contribution in [2.75, 3.05) is 18.1 Å². The van der Waals surface area contributed by atoms with E-state index in [1.807, 2.05) is 4.98 Å². The monoisotopic (exact) mass is 274 g/mol. The van der Waals surface area contributed by atoms with E-state index in [9.17, 15) is 19.8 Å². The van der Waals surface area contributed by atoms with Crippen LogP contribution in [0, 0.1) is 0 Å². The first-order chi connectivity index (χ1) is 8.88. The number of anilines is 2. The van der Waals surface area contributed by atoms with Crippen LogP contribution in [0.25, 0.3) is 0 Å². The SMILES string of the molecule is Nc1c(N)n([C@H]2O[C@@H](CO)C(O)C2O)c(=O)[nH]c1=O. The summed E-state index contributed by atoms with van der Waals surface area (Å²) in [5.41, 5.74) is 8.73. The predicted octanol–water partition coefficient (Wildman–Crippen LogP) is -3.69. The van der Waals surface area contributed by atoms with Gasteiger partial charge >= 0.3 is 5.69 Å². The molecule has 2 unspecified atom stereocenters. The van der Waals surface area contributed by atoms with Crippen molar-refractivity contribution in [1.29, 1.82) is 0 Å². The highest BCUT2D eigenvalue weighted by molar-refractivity contribution is 5.56. The Morgan fingerprint density at radius 1 is 1.26 bits per heavy atom. The van der Waals surface area contributed by atoms with Crippen LogP contribution in [0.4, 0.5) is 11.5 Å². The minimum atomic E-state index is -1.50. The first-order valence-electron chi connectivity index (χ1n) is 5.40. The zero-order chi connectivity index (χ0) is 14.3. The number of aliphatic hydroxyl groups excluding tert-OH is 3. The Kier molecular flexibility index (Phi) is 3.32. The van der Waals surface area contributed by atoms with E-state index in [-0.39, 0.29) is 5.82 Å². The van der Waals surface area contributed by atoms with Crippen LogP contribution in [-0.2, 0) is 4.74 Å². The maximum Gasteiger partial charge on any atom is 0.332 e. The first kappa shape index (κ1) is 13.5. The third-order valence-corrected chi connectivity index (χ3v) is 2.99. The van der Waals surface area contributed by atoms with Gasteiger partial charge in [-0.25, -0.2) is 9.36 Å². The molecule has 2 rings (SSSR count). The molecule has 0 radical (unpaired) electrons. The summed E-state index contributed by atoms with van der Waals surface area (Å²) in [6.07, 6.45) is -5.31. The molecule has 0 bridgehead atoms. The highest BCUT2D eigenvalue weighted by atomic mass is 16.6. The van der Waals surface area contributed by atoms with Gasteiger partial charge in [0.15, 0.2) is 6.23 Å². The van der Waals surface area contributed by atoms with Gasteiger partial charge in [-0.2, -0.15) is 0 Å². The van der Waals surface area contributed by atoms with Gasteiger partial charge in [0.05, 0.1) is 6.61 Å². The summed E-state index contributed by atoms with van der Waals surface area (Å²) in [5, 5.41) is 28.3. The highest BCUT2D eigenvalue weighted by Gasteiger charge is 2.44. The van der Waals surface area contributed by atoms with Gasteiger partial charge in [0, 0.05) is 0 Å². The number of aromatic amines is 1. The van der Waals surface area contributed by atoms with Crippen LogP contribution in [0.15, 0.2) is 9.59 Å². The number of aliphatic hydroxyl groups is 3. The number of ether oxygens (including phenoxy) is 1. The van der Waals surface area contributed by atoms with Crippen LogP contribution >= 0.6 is 0 Å². The van der Waals surface area contributed by atoms with Gasteiger partial charge < -0.3 is 31.5 Å². The summed E-state index contributed by atoms with van der Waals surface area (Å²) in [5.74, 6) is -0.386. The minimum Gasteiger partial charge on any atom is -0.394 e. The fourth-order valence-corrected chi connectivity index (χ4v) is 1.93. The average molecular weight is 274 g/mol. The van der Waals surface area contributed by atoms with E-state index in [2.05, 4.69) is 0 Å². The van der Waals surface area contributed by atoms with Crippen LogP contribution in [0.5, 0.6) is 0 Å². The van der Waals surface area contributed by atoms with Gasteiger partial charge in [-0.1, -0.05) is 0 Å². The lowest BCUT2D eigenvalue weighted by molar-refractivity contribution is -0.0538. The number of nitrogens with one attached hydrogen (secondary N) is 1. The van der Waals surface area contributed by atoms with Gasteiger partial charge in [-0.3, -0.25) is 9.78 Å².